The zero-order valence-corrected chi connectivity index (χ0v) is 17.2. The number of likely N-dealkylation sites (tertiary alicyclic amines) is 2. The second-order valence-corrected chi connectivity index (χ2v) is 8.71. The van der Waals surface area contributed by atoms with Crippen molar-refractivity contribution in [2.75, 3.05) is 39.9 Å². The fraction of sp³-hybridized carbons (Fsp3) is 0.579. The second kappa shape index (κ2) is 7.29. The van der Waals surface area contributed by atoms with Crippen LogP contribution in [-0.2, 0) is 16.6 Å². The topological polar surface area (TPSA) is 80.6 Å². The molecule has 2 aromatic heterocycles. The summed E-state index contributed by atoms with van der Waals surface area (Å²) in [6.45, 7) is 4.55. The van der Waals surface area contributed by atoms with Gasteiger partial charge in [-0.05, 0) is 13.3 Å². The van der Waals surface area contributed by atoms with Gasteiger partial charge in [-0.15, -0.1) is 11.3 Å². The van der Waals surface area contributed by atoms with Crippen LogP contribution >= 0.6 is 11.3 Å². The van der Waals surface area contributed by atoms with E-state index in [0.29, 0.717) is 38.5 Å². The van der Waals surface area contributed by atoms with Crippen molar-refractivity contribution < 1.29 is 14.3 Å². The number of rotatable bonds is 5. The first-order valence-corrected chi connectivity index (χ1v) is 10.3. The van der Waals surface area contributed by atoms with E-state index in [-0.39, 0.29) is 17.7 Å². The van der Waals surface area contributed by atoms with Gasteiger partial charge >= 0.3 is 0 Å². The Labute approximate surface area is 168 Å². The molecule has 2 aliphatic heterocycles. The van der Waals surface area contributed by atoms with Gasteiger partial charge in [-0.25, -0.2) is 9.97 Å². The molecule has 0 bridgehead atoms. The first kappa shape index (κ1) is 19.1. The minimum absolute atomic E-state index is 0.102. The van der Waals surface area contributed by atoms with Gasteiger partial charge in [0.05, 0.1) is 29.1 Å². The number of amides is 2. The van der Waals surface area contributed by atoms with Gasteiger partial charge in [0.2, 0.25) is 5.91 Å². The summed E-state index contributed by atoms with van der Waals surface area (Å²) >= 11 is 1.46. The lowest BCUT2D eigenvalue weighted by Gasteiger charge is -2.27. The summed E-state index contributed by atoms with van der Waals surface area (Å²) in [4.78, 5) is 39.0. The smallest absolute Gasteiger partial charge is 0.273 e. The number of carbonyl (C=O) groups is 2. The summed E-state index contributed by atoms with van der Waals surface area (Å²) in [5, 5.41) is 2.65. The average Bonchev–Trinajstić information content (AvgIpc) is 3.43. The zero-order valence-electron chi connectivity index (χ0n) is 16.4. The van der Waals surface area contributed by atoms with Gasteiger partial charge in [-0.1, -0.05) is 0 Å². The van der Waals surface area contributed by atoms with E-state index < -0.39 is 5.41 Å². The standard InChI is InChI=1S/C19H25N5O3S/c1-13-21-16(10-28-13)17(25)24-8-14(15-9-22(2)12-20-15)19(11-24)4-5-23(18(19)26)6-7-27-3/h9-10,12,14H,4-8,11H2,1-3H3/t14-,19+/m1/s1. The van der Waals surface area contributed by atoms with Crippen LogP contribution in [0.2, 0.25) is 0 Å². The van der Waals surface area contributed by atoms with Gasteiger partial charge in [-0.2, -0.15) is 0 Å². The molecule has 1 spiro atoms. The quantitative estimate of drug-likeness (QED) is 0.752. The molecule has 2 atom stereocenters. The molecule has 2 fully saturated rings. The number of imidazole rings is 1. The SMILES string of the molecule is COCCN1CC[C@@]2(CN(C(=O)c3csc(C)n3)C[C@@H]2c2cn(C)cn2)C1=O. The Kier molecular flexibility index (Phi) is 4.96. The van der Waals surface area contributed by atoms with Gasteiger partial charge < -0.3 is 19.1 Å². The fourth-order valence-electron chi connectivity index (χ4n) is 4.42. The van der Waals surface area contributed by atoms with Crippen LogP contribution in [0.3, 0.4) is 0 Å². The van der Waals surface area contributed by atoms with Gasteiger partial charge in [0.25, 0.3) is 5.91 Å². The molecular formula is C19H25N5O3S. The van der Waals surface area contributed by atoms with E-state index in [0.717, 1.165) is 17.1 Å². The molecule has 4 rings (SSSR count). The van der Waals surface area contributed by atoms with Gasteiger partial charge in [0.15, 0.2) is 0 Å². The molecule has 0 aliphatic carbocycles. The molecule has 0 saturated carbocycles. The first-order valence-electron chi connectivity index (χ1n) is 9.42. The highest BCUT2D eigenvalue weighted by atomic mass is 32.1. The van der Waals surface area contributed by atoms with Crippen LogP contribution in [0.1, 0.15) is 33.5 Å². The Balaban J connectivity index is 1.65. The van der Waals surface area contributed by atoms with E-state index in [4.69, 9.17) is 4.74 Å². The van der Waals surface area contributed by atoms with E-state index >= 15 is 0 Å². The minimum Gasteiger partial charge on any atom is -0.383 e. The highest BCUT2D eigenvalue weighted by molar-refractivity contribution is 7.09. The normalized spacial score (nSPS) is 24.7. The molecule has 0 N–H and O–H groups in total. The van der Waals surface area contributed by atoms with E-state index in [1.807, 2.05) is 29.6 Å². The summed E-state index contributed by atoms with van der Waals surface area (Å²) < 4.78 is 7.04. The molecule has 9 heteroatoms. The lowest BCUT2D eigenvalue weighted by molar-refractivity contribution is -0.136. The van der Waals surface area contributed by atoms with Crippen molar-refractivity contribution in [1.82, 2.24) is 24.3 Å². The first-order chi connectivity index (χ1) is 13.4. The molecule has 2 aliphatic rings. The Hall–Kier alpha value is -2.26. The van der Waals surface area contributed by atoms with Crippen LogP contribution in [0.4, 0.5) is 0 Å². The molecule has 8 nitrogen and oxygen atoms in total. The Bertz CT molecular complexity index is 894. The number of aromatic nitrogens is 3. The molecule has 4 heterocycles. The number of hydrogen-bond acceptors (Lipinski definition) is 6. The van der Waals surface area contributed by atoms with Crippen LogP contribution in [0.15, 0.2) is 17.9 Å². The van der Waals surface area contributed by atoms with Crippen LogP contribution in [0, 0.1) is 12.3 Å². The number of ether oxygens (including phenoxy) is 1. The van der Waals surface area contributed by atoms with Crippen molar-refractivity contribution in [1.29, 1.82) is 0 Å². The predicted octanol–water partition coefficient (Wildman–Crippen LogP) is 1.29. The maximum atomic E-state index is 13.4. The Morgan fingerprint density at radius 3 is 2.93 bits per heavy atom. The Morgan fingerprint density at radius 1 is 1.46 bits per heavy atom. The number of carbonyl (C=O) groups excluding carboxylic acids is 2. The summed E-state index contributed by atoms with van der Waals surface area (Å²) in [6.07, 6.45) is 4.43. The van der Waals surface area contributed by atoms with E-state index in [1.54, 1.807) is 23.7 Å². The fourth-order valence-corrected chi connectivity index (χ4v) is 5.01. The predicted molar refractivity (Wildman–Crippen MR) is 104 cm³/mol. The van der Waals surface area contributed by atoms with Crippen molar-refractivity contribution in [3.05, 3.63) is 34.3 Å². The lowest BCUT2D eigenvalue weighted by Crippen LogP contribution is -2.41. The minimum atomic E-state index is -0.622. The van der Waals surface area contributed by atoms with Crippen molar-refractivity contribution in [3.63, 3.8) is 0 Å². The lowest BCUT2D eigenvalue weighted by atomic mass is 9.75. The van der Waals surface area contributed by atoms with E-state index in [9.17, 15) is 9.59 Å². The molecule has 0 unspecified atom stereocenters. The third-order valence-corrected chi connectivity index (χ3v) is 6.63. The molecule has 28 heavy (non-hydrogen) atoms. The van der Waals surface area contributed by atoms with Gasteiger partial charge in [-0.3, -0.25) is 9.59 Å². The highest BCUT2D eigenvalue weighted by Gasteiger charge is 2.58. The summed E-state index contributed by atoms with van der Waals surface area (Å²) in [6, 6.07) is 0. The van der Waals surface area contributed by atoms with Crippen molar-refractivity contribution in [3.8, 4) is 0 Å². The largest absolute Gasteiger partial charge is 0.383 e. The van der Waals surface area contributed by atoms with Crippen LogP contribution in [0.5, 0.6) is 0 Å². The van der Waals surface area contributed by atoms with Crippen LogP contribution < -0.4 is 0 Å². The number of aryl methyl sites for hydroxylation is 2. The molecule has 0 radical (unpaired) electrons. The van der Waals surface area contributed by atoms with Crippen molar-refractivity contribution >= 4 is 23.2 Å². The Morgan fingerprint density at radius 2 is 2.29 bits per heavy atom. The number of nitrogens with zero attached hydrogens (tertiary/aromatic N) is 5. The van der Waals surface area contributed by atoms with Gasteiger partial charge in [0.1, 0.15) is 5.69 Å². The maximum Gasteiger partial charge on any atom is 0.273 e. The number of thiazole rings is 1. The average molecular weight is 404 g/mol. The van der Waals surface area contributed by atoms with E-state index in [1.165, 1.54) is 11.3 Å². The summed E-state index contributed by atoms with van der Waals surface area (Å²) in [5.74, 6) is -0.118. The number of hydrogen-bond donors (Lipinski definition) is 0. The molecule has 2 aromatic rings. The number of methoxy groups -OCH3 is 1. The zero-order chi connectivity index (χ0) is 19.9. The third kappa shape index (κ3) is 3.12. The molecular weight excluding hydrogens is 378 g/mol. The molecule has 0 aromatic carbocycles. The molecule has 150 valence electrons. The third-order valence-electron chi connectivity index (χ3n) is 5.86. The molecule has 2 amide bonds. The van der Waals surface area contributed by atoms with Gasteiger partial charge in [0, 0.05) is 57.8 Å². The van der Waals surface area contributed by atoms with Crippen molar-refractivity contribution in [2.45, 2.75) is 19.3 Å². The summed E-state index contributed by atoms with van der Waals surface area (Å²) in [7, 11) is 3.55. The van der Waals surface area contributed by atoms with Crippen molar-refractivity contribution in [2.24, 2.45) is 12.5 Å². The van der Waals surface area contributed by atoms with Crippen LogP contribution in [0.25, 0.3) is 0 Å². The highest BCUT2D eigenvalue weighted by Crippen LogP contribution is 2.49. The second-order valence-electron chi connectivity index (χ2n) is 7.65. The molecule has 2 saturated heterocycles. The monoisotopic (exact) mass is 403 g/mol. The van der Waals surface area contributed by atoms with Crippen LogP contribution in [-0.4, -0.2) is 76.0 Å². The maximum absolute atomic E-state index is 13.4. The summed E-state index contributed by atoms with van der Waals surface area (Å²) in [5.41, 5.74) is 0.707. The van der Waals surface area contributed by atoms with E-state index in [2.05, 4.69) is 9.97 Å².